The molecule has 1 saturated carbocycles. The van der Waals surface area contributed by atoms with Crippen molar-refractivity contribution >= 4 is 17.1 Å². The minimum Gasteiger partial charge on any atom is -0.497 e. The minimum atomic E-state index is -0.537. The normalized spacial score (nSPS) is 17.5. The molecule has 38 heavy (non-hydrogen) atoms. The summed E-state index contributed by atoms with van der Waals surface area (Å²) in [6, 6.07) is 17.7. The van der Waals surface area contributed by atoms with Crippen molar-refractivity contribution < 1.29 is 28.2 Å². The zero-order valence-electron chi connectivity index (χ0n) is 22.1. The number of benzene rings is 2. The maximum absolute atomic E-state index is 12.1. The number of furan rings is 1. The van der Waals surface area contributed by atoms with Gasteiger partial charge in [-0.15, -0.1) is 0 Å². The molecule has 8 heteroatoms. The number of methoxy groups -OCH3 is 1. The van der Waals surface area contributed by atoms with Gasteiger partial charge in [0.15, 0.2) is 0 Å². The van der Waals surface area contributed by atoms with Gasteiger partial charge in [-0.1, -0.05) is 42.5 Å². The topological polar surface area (TPSA) is 92.9 Å². The van der Waals surface area contributed by atoms with Crippen LogP contribution < -0.4 is 9.47 Å². The van der Waals surface area contributed by atoms with E-state index in [-0.39, 0.29) is 24.8 Å². The molecule has 0 N–H and O–H groups in total. The van der Waals surface area contributed by atoms with Crippen molar-refractivity contribution in [1.29, 1.82) is 0 Å². The molecule has 0 saturated heterocycles. The third kappa shape index (κ3) is 5.81. The van der Waals surface area contributed by atoms with E-state index in [2.05, 4.69) is 9.97 Å². The fraction of sp³-hybridized carbons (Fsp3) is 0.367. The highest BCUT2D eigenvalue weighted by atomic mass is 16.6. The number of carbonyl (C=O) groups excluding carboxylic acids is 1. The highest BCUT2D eigenvalue weighted by Gasteiger charge is 2.30. The van der Waals surface area contributed by atoms with Crippen LogP contribution in [0.5, 0.6) is 11.6 Å². The fourth-order valence-corrected chi connectivity index (χ4v) is 4.70. The second kappa shape index (κ2) is 10.8. The largest absolute Gasteiger partial charge is 0.497 e. The quantitative estimate of drug-likeness (QED) is 0.255. The molecule has 0 unspecified atom stereocenters. The molecule has 0 amide bonds. The highest BCUT2D eigenvalue weighted by molar-refractivity contribution is 6.03. The summed E-state index contributed by atoms with van der Waals surface area (Å²) in [7, 11) is 1.64. The molecule has 1 fully saturated rings. The molecule has 0 radical (unpaired) electrons. The summed E-state index contributed by atoms with van der Waals surface area (Å²) < 4.78 is 29.2. The van der Waals surface area contributed by atoms with Crippen LogP contribution in [0, 0.1) is 0 Å². The summed E-state index contributed by atoms with van der Waals surface area (Å²) in [5, 5.41) is 0.717. The standard InChI is InChI=1S/C30H32N2O6/c1-30(2,3)38-24(33)17-35-22-14-15-23(16-22)36-28-26-25(19-10-12-21(34-4)13-11-19)27(20-8-6-5-7-9-20)37-29(26)32-18-31-28/h5-13,18,22-23H,14-17H2,1-4H3/t22-,23-/m1/s1. The average molecular weight is 517 g/mol. The Hall–Kier alpha value is -3.91. The first-order valence-electron chi connectivity index (χ1n) is 12.8. The Morgan fingerprint density at radius 2 is 1.71 bits per heavy atom. The molecule has 2 heterocycles. The third-order valence-electron chi connectivity index (χ3n) is 6.34. The second-order valence-electron chi connectivity index (χ2n) is 10.3. The maximum atomic E-state index is 12.1. The van der Waals surface area contributed by atoms with Gasteiger partial charge < -0.3 is 23.4 Å². The molecule has 2 aromatic carbocycles. The van der Waals surface area contributed by atoms with Gasteiger partial charge in [-0.25, -0.2) is 14.8 Å². The predicted octanol–water partition coefficient (Wildman–Crippen LogP) is 6.22. The molecular weight excluding hydrogens is 484 g/mol. The molecule has 1 aliphatic carbocycles. The van der Waals surface area contributed by atoms with Gasteiger partial charge in [0.05, 0.1) is 13.2 Å². The predicted molar refractivity (Wildman–Crippen MR) is 143 cm³/mol. The minimum absolute atomic E-state index is 0.0732. The number of hydrogen-bond donors (Lipinski definition) is 0. The van der Waals surface area contributed by atoms with E-state index in [1.165, 1.54) is 6.33 Å². The van der Waals surface area contributed by atoms with E-state index in [1.807, 2.05) is 75.4 Å². The first kappa shape index (κ1) is 25.7. The zero-order valence-corrected chi connectivity index (χ0v) is 22.1. The van der Waals surface area contributed by atoms with E-state index in [0.717, 1.165) is 40.7 Å². The lowest BCUT2D eigenvalue weighted by Crippen LogP contribution is -2.28. The van der Waals surface area contributed by atoms with Crippen LogP contribution in [0.4, 0.5) is 0 Å². The van der Waals surface area contributed by atoms with Gasteiger partial charge in [0.25, 0.3) is 0 Å². The van der Waals surface area contributed by atoms with Crippen molar-refractivity contribution in [2.45, 2.75) is 57.8 Å². The second-order valence-corrected chi connectivity index (χ2v) is 10.3. The van der Waals surface area contributed by atoms with Crippen LogP contribution in [0.25, 0.3) is 33.6 Å². The lowest BCUT2D eigenvalue weighted by molar-refractivity contribution is -0.162. The Labute approximate surface area is 221 Å². The number of aromatic nitrogens is 2. The van der Waals surface area contributed by atoms with Gasteiger partial charge in [0.1, 0.15) is 41.5 Å². The molecule has 198 valence electrons. The van der Waals surface area contributed by atoms with Gasteiger partial charge in [0, 0.05) is 17.5 Å². The summed E-state index contributed by atoms with van der Waals surface area (Å²) >= 11 is 0. The molecule has 1 aliphatic rings. The smallest absolute Gasteiger partial charge is 0.332 e. The van der Waals surface area contributed by atoms with Crippen LogP contribution in [0.15, 0.2) is 65.3 Å². The Kier molecular flexibility index (Phi) is 7.33. The molecule has 4 aromatic rings. The Balaban J connectivity index is 1.42. The van der Waals surface area contributed by atoms with Crippen molar-refractivity contribution in [2.24, 2.45) is 0 Å². The van der Waals surface area contributed by atoms with Crippen LogP contribution >= 0.6 is 0 Å². The summed E-state index contributed by atoms with van der Waals surface area (Å²) in [4.78, 5) is 21.0. The molecular formula is C30H32N2O6. The highest BCUT2D eigenvalue weighted by Crippen LogP contribution is 2.44. The van der Waals surface area contributed by atoms with Gasteiger partial charge in [-0.2, -0.15) is 0 Å². The number of nitrogens with zero attached hydrogens (tertiary/aromatic N) is 2. The van der Waals surface area contributed by atoms with Gasteiger partial charge in [0.2, 0.25) is 11.6 Å². The zero-order chi connectivity index (χ0) is 26.7. The first-order chi connectivity index (χ1) is 18.3. The summed E-state index contributed by atoms with van der Waals surface area (Å²) in [5.41, 5.74) is 2.65. The molecule has 0 aliphatic heterocycles. The van der Waals surface area contributed by atoms with E-state index in [4.69, 9.17) is 23.4 Å². The molecule has 8 nitrogen and oxygen atoms in total. The molecule has 2 atom stereocenters. The van der Waals surface area contributed by atoms with Gasteiger partial charge in [-0.05, 0) is 51.3 Å². The Bertz CT molecular complexity index is 1390. The SMILES string of the molecule is COc1ccc(-c2c(-c3ccccc3)oc3ncnc(O[C@@H]4CC[C@@H](OCC(=O)OC(C)(C)C)C4)c23)cc1. The molecule has 2 aromatic heterocycles. The monoisotopic (exact) mass is 516 g/mol. The van der Waals surface area contributed by atoms with Crippen molar-refractivity contribution in [2.75, 3.05) is 13.7 Å². The fourth-order valence-electron chi connectivity index (χ4n) is 4.70. The third-order valence-corrected chi connectivity index (χ3v) is 6.34. The van der Waals surface area contributed by atoms with E-state index < -0.39 is 5.60 Å². The van der Waals surface area contributed by atoms with Crippen LogP contribution in [-0.2, 0) is 14.3 Å². The molecule has 0 spiro atoms. The number of hydrogen-bond acceptors (Lipinski definition) is 8. The number of rotatable bonds is 8. The van der Waals surface area contributed by atoms with Crippen LogP contribution in [-0.4, -0.2) is 47.5 Å². The van der Waals surface area contributed by atoms with E-state index in [9.17, 15) is 4.79 Å². The van der Waals surface area contributed by atoms with Crippen LogP contribution in [0.1, 0.15) is 40.0 Å². The van der Waals surface area contributed by atoms with Crippen molar-refractivity contribution in [1.82, 2.24) is 9.97 Å². The summed E-state index contributed by atoms with van der Waals surface area (Å²) in [6.07, 6.45) is 3.47. The van der Waals surface area contributed by atoms with E-state index in [0.29, 0.717) is 23.8 Å². The Morgan fingerprint density at radius 3 is 2.42 bits per heavy atom. The Morgan fingerprint density at radius 1 is 0.974 bits per heavy atom. The number of fused-ring (bicyclic) bond motifs is 1. The van der Waals surface area contributed by atoms with Gasteiger partial charge in [-0.3, -0.25) is 0 Å². The maximum Gasteiger partial charge on any atom is 0.332 e. The van der Waals surface area contributed by atoms with E-state index in [1.54, 1.807) is 7.11 Å². The van der Waals surface area contributed by atoms with E-state index >= 15 is 0 Å². The van der Waals surface area contributed by atoms with Crippen LogP contribution in [0.3, 0.4) is 0 Å². The summed E-state index contributed by atoms with van der Waals surface area (Å²) in [6.45, 7) is 5.44. The van der Waals surface area contributed by atoms with Crippen molar-refractivity contribution in [3.63, 3.8) is 0 Å². The first-order valence-corrected chi connectivity index (χ1v) is 12.8. The lowest BCUT2D eigenvalue weighted by atomic mass is 9.99. The average Bonchev–Trinajstić information content (AvgIpc) is 3.52. The summed E-state index contributed by atoms with van der Waals surface area (Å²) in [5.74, 6) is 1.56. The number of esters is 1. The van der Waals surface area contributed by atoms with Crippen molar-refractivity contribution in [3.8, 4) is 34.1 Å². The number of carbonyl (C=O) groups is 1. The number of ether oxygens (including phenoxy) is 4. The van der Waals surface area contributed by atoms with Gasteiger partial charge >= 0.3 is 5.97 Å². The van der Waals surface area contributed by atoms with Crippen molar-refractivity contribution in [3.05, 3.63) is 60.9 Å². The molecule has 5 rings (SSSR count). The lowest BCUT2D eigenvalue weighted by Gasteiger charge is -2.20. The molecule has 0 bridgehead atoms. The van der Waals surface area contributed by atoms with Crippen LogP contribution in [0.2, 0.25) is 0 Å².